The minimum atomic E-state index is -3.01. The first-order valence-corrected chi connectivity index (χ1v) is 10.8. The summed E-state index contributed by atoms with van der Waals surface area (Å²) in [6.07, 6.45) is 0.0791. The molecule has 1 saturated heterocycles. The van der Waals surface area contributed by atoms with Crippen molar-refractivity contribution < 1.29 is 23.1 Å². The van der Waals surface area contributed by atoms with Crippen molar-refractivity contribution in [1.29, 1.82) is 0 Å². The molecule has 1 amide bonds. The Morgan fingerprint density at radius 1 is 1.04 bits per heavy atom. The highest BCUT2D eigenvalue weighted by Crippen LogP contribution is 2.47. The molecule has 0 aliphatic carbocycles. The molecule has 0 atom stereocenters. The Balaban J connectivity index is 1.71. The summed E-state index contributed by atoms with van der Waals surface area (Å²) in [5.41, 5.74) is 0.974. The van der Waals surface area contributed by atoms with E-state index in [1.807, 2.05) is 44.2 Å². The molecule has 0 bridgehead atoms. The van der Waals surface area contributed by atoms with Gasteiger partial charge in [-0.05, 0) is 19.4 Å². The van der Waals surface area contributed by atoms with E-state index >= 15 is 0 Å². The summed E-state index contributed by atoms with van der Waals surface area (Å²) in [6.45, 7) is 7.92. The van der Waals surface area contributed by atoms with Crippen LogP contribution in [0.3, 0.4) is 0 Å². The Morgan fingerprint density at radius 3 is 2.23 bits per heavy atom. The largest absolute Gasteiger partial charge is 0.445 e. The summed E-state index contributed by atoms with van der Waals surface area (Å²) in [5.74, 6) is 0. The van der Waals surface area contributed by atoms with Crippen LogP contribution < -0.4 is 0 Å². The fourth-order valence-corrected chi connectivity index (χ4v) is 4.44. The summed E-state index contributed by atoms with van der Waals surface area (Å²) < 4.78 is 28.5. The van der Waals surface area contributed by atoms with Crippen molar-refractivity contribution in [3.05, 3.63) is 35.9 Å². The summed E-state index contributed by atoms with van der Waals surface area (Å²) in [6, 6.07) is 9.64. The Kier molecular flexibility index (Phi) is 8.59. The first-order chi connectivity index (χ1) is 12.6. The zero-order chi connectivity index (χ0) is 18.8. The Hall–Kier alpha value is -1.40. The number of hydrogen-bond donors (Lipinski definition) is 0. The van der Waals surface area contributed by atoms with E-state index < -0.39 is 7.60 Å². The van der Waals surface area contributed by atoms with Crippen molar-refractivity contribution in [3.63, 3.8) is 0 Å². The van der Waals surface area contributed by atoms with Gasteiger partial charge in [0.15, 0.2) is 0 Å². The molecule has 146 valence electrons. The number of rotatable bonds is 9. The Labute approximate surface area is 155 Å². The minimum Gasteiger partial charge on any atom is -0.445 e. The highest BCUT2D eigenvalue weighted by molar-refractivity contribution is 7.53. The van der Waals surface area contributed by atoms with Gasteiger partial charge in [0.05, 0.1) is 19.4 Å². The van der Waals surface area contributed by atoms with Gasteiger partial charge in [0.25, 0.3) is 0 Å². The first-order valence-electron chi connectivity index (χ1n) is 9.12. The number of ether oxygens (including phenoxy) is 1. The highest BCUT2D eigenvalue weighted by atomic mass is 31.2. The molecular weight excluding hydrogens is 355 g/mol. The molecule has 1 fully saturated rings. The summed E-state index contributed by atoms with van der Waals surface area (Å²) in [4.78, 5) is 16.1. The predicted molar refractivity (Wildman–Crippen MR) is 100 cm³/mol. The van der Waals surface area contributed by atoms with Gasteiger partial charge < -0.3 is 18.7 Å². The van der Waals surface area contributed by atoms with E-state index in [1.54, 1.807) is 4.90 Å². The van der Waals surface area contributed by atoms with Crippen molar-refractivity contribution in [2.24, 2.45) is 0 Å². The standard InChI is InChI=1S/C18H29N2O5P/c1-3-24-26(22,25-4-2)15-14-19-10-12-20(13-11-19)18(21)23-16-17-8-6-5-7-9-17/h5-9H,3-4,10-16H2,1-2H3. The SMILES string of the molecule is CCOP(=O)(CCN1CCN(C(=O)OCc2ccccc2)CC1)OCC. The van der Waals surface area contributed by atoms with E-state index in [-0.39, 0.29) is 12.7 Å². The van der Waals surface area contributed by atoms with Gasteiger partial charge in [-0.2, -0.15) is 0 Å². The molecule has 1 aliphatic heterocycles. The second kappa shape index (κ2) is 10.7. The third-order valence-corrected chi connectivity index (χ3v) is 6.23. The molecule has 8 heteroatoms. The van der Waals surface area contributed by atoms with E-state index in [9.17, 15) is 9.36 Å². The van der Waals surface area contributed by atoms with Gasteiger partial charge in [0.1, 0.15) is 6.61 Å². The molecule has 7 nitrogen and oxygen atoms in total. The zero-order valence-electron chi connectivity index (χ0n) is 15.6. The van der Waals surface area contributed by atoms with Crippen molar-refractivity contribution in [3.8, 4) is 0 Å². The van der Waals surface area contributed by atoms with Gasteiger partial charge >= 0.3 is 13.7 Å². The smallest absolute Gasteiger partial charge is 0.410 e. The molecule has 0 saturated carbocycles. The van der Waals surface area contributed by atoms with Crippen LogP contribution in [0.2, 0.25) is 0 Å². The lowest BCUT2D eigenvalue weighted by Crippen LogP contribution is -2.49. The predicted octanol–water partition coefficient (Wildman–Crippen LogP) is 3.21. The van der Waals surface area contributed by atoms with E-state index in [2.05, 4.69) is 4.90 Å². The maximum atomic E-state index is 12.5. The van der Waals surface area contributed by atoms with Crippen LogP contribution in [0.25, 0.3) is 0 Å². The molecule has 0 unspecified atom stereocenters. The minimum absolute atomic E-state index is 0.284. The van der Waals surface area contributed by atoms with Crippen LogP contribution in [0.15, 0.2) is 30.3 Å². The molecule has 1 aliphatic rings. The number of hydrogen-bond acceptors (Lipinski definition) is 6. The highest BCUT2D eigenvalue weighted by Gasteiger charge is 2.27. The normalized spacial score (nSPS) is 15.8. The molecule has 0 spiro atoms. The van der Waals surface area contributed by atoms with E-state index in [0.717, 1.165) is 18.7 Å². The maximum Gasteiger partial charge on any atom is 0.410 e. The first kappa shape index (κ1) is 20.9. The summed E-state index contributed by atoms with van der Waals surface area (Å²) in [7, 11) is -3.01. The molecule has 2 rings (SSSR count). The molecule has 0 N–H and O–H groups in total. The quantitative estimate of drug-likeness (QED) is 0.609. The number of nitrogens with zero attached hydrogens (tertiary/aromatic N) is 2. The fraction of sp³-hybridized carbons (Fsp3) is 0.611. The van der Waals surface area contributed by atoms with Crippen LogP contribution in [0, 0.1) is 0 Å². The second-order valence-corrected chi connectivity index (χ2v) is 8.22. The maximum absolute atomic E-state index is 12.5. The van der Waals surface area contributed by atoms with Crippen molar-refractivity contribution in [1.82, 2.24) is 9.80 Å². The lowest BCUT2D eigenvalue weighted by atomic mass is 10.2. The average Bonchev–Trinajstić information content (AvgIpc) is 2.66. The monoisotopic (exact) mass is 384 g/mol. The van der Waals surface area contributed by atoms with Crippen molar-refractivity contribution >= 4 is 13.7 Å². The number of carbonyl (C=O) groups excluding carboxylic acids is 1. The lowest BCUT2D eigenvalue weighted by Gasteiger charge is -2.34. The van der Waals surface area contributed by atoms with Crippen LogP contribution in [0.1, 0.15) is 19.4 Å². The van der Waals surface area contributed by atoms with Gasteiger partial charge in [-0.15, -0.1) is 0 Å². The molecule has 26 heavy (non-hydrogen) atoms. The van der Waals surface area contributed by atoms with Crippen LogP contribution in [0.4, 0.5) is 4.79 Å². The van der Waals surface area contributed by atoms with E-state index in [1.165, 1.54) is 0 Å². The molecule has 1 aromatic carbocycles. The number of carbonyl (C=O) groups is 1. The molecule has 1 aromatic rings. The lowest BCUT2D eigenvalue weighted by molar-refractivity contribution is 0.0724. The average molecular weight is 384 g/mol. The molecule has 0 aromatic heterocycles. The van der Waals surface area contributed by atoms with E-state index in [4.69, 9.17) is 13.8 Å². The Bertz CT molecular complexity index is 581. The number of amides is 1. The van der Waals surface area contributed by atoms with Crippen LogP contribution >= 0.6 is 7.60 Å². The Morgan fingerprint density at radius 2 is 1.65 bits per heavy atom. The van der Waals surface area contributed by atoms with Crippen LogP contribution in [0.5, 0.6) is 0 Å². The molecular formula is C18H29N2O5P. The van der Waals surface area contributed by atoms with Gasteiger partial charge in [-0.25, -0.2) is 4.79 Å². The van der Waals surface area contributed by atoms with Crippen molar-refractivity contribution in [2.75, 3.05) is 52.1 Å². The van der Waals surface area contributed by atoms with Gasteiger partial charge in [0.2, 0.25) is 0 Å². The van der Waals surface area contributed by atoms with Crippen LogP contribution in [-0.2, 0) is 25.0 Å². The zero-order valence-corrected chi connectivity index (χ0v) is 16.5. The summed E-state index contributed by atoms with van der Waals surface area (Å²) in [5, 5.41) is 0. The third kappa shape index (κ3) is 6.72. The molecule has 1 heterocycles. The third-order valence-electron chi connectivity index (χ3n) is 4.18. The van der Waals surface area contributed by atoms with Crippen LogP contribution in [-0.4, -0.2) is 68.0 Å². The van der Waals surface area contributed by atoms with E-state index in [0.29, 0.717) is 39.0 Å². The fourth-order valence-electron chi connectivity index (χ4n) is 2.79. The molecule has 0 radical (unpaired) electrons. The van der Waals surface area contributed by atoms with Gasteiger partial charge in [0, 0.05) is 32.7 Å². The number of benzene rings is 1. The number of piperazine rings is 1. The topological polar surface area (TPSA) is 68.3 Å². The van der Waals surface area contributed by atoms with Gasteiger partial charge in [-0.3, -0.25) is 9.46 Å². The summed E-state index contributed by atoms with van der Waals surface area (Å²) >= 11 is 0. The van der Waals surface area contributed by atoms with Crippen molar-refractivity contribution in [2.45, 2.75) is 20.5 Å². The second-order valence-electron chi connectivity index (χ2n) is 6.04. The van der Waals surface area contributed by atoms with Gasteiger partial charge in [-0.1, -0.05) is 30.3 Å².